The summed E-state index contributed by atoms with van der Waals surface area (Å²) >= 11 is 0. The van der Waals surface area contributed by atoms with Crippen LogP contribution in [0.3, 0.4) is 0 Å². The summed E-state index contributed by atoms with van der Waals surface area (Å²) in [4.78, 5) is 37.5. The lowest BCUT2D eigenvalue weighted by atomic mass is 9.44. The van der Waals surface area contributed by atoms with Gasteiger partial charge in [-0.25, -0.2) is 0 Å². The van der Waals surface area contributed by atoms with Crippen LogP contribution in [0.1, 0.15) is 98.8 Å². The van der Waals surface area contributed by atoms with E-state index in [0.717, 1.165) is 12.8 Å². The maximum Gasteiger partial charge on any atom is 0.220 e. The number of rotatable bonds is 5. The van der Waals surface area contributed by atoms with Crippen molar-refractivity contribution in [3.63, 3.8) is 0 Å². The van der Waals surface area contributed by atoms with Crippen LogP contribution in [0.15, 0.2) is 0 Å². The maximum atomic E-state index is 13.2. The van der Waals surface area contributed by atoms with E-state index in [-0.39, 0.29) is 23.3 Å². The van der Waals surface area contributed by atoms with Gasteiger partial charge in [-0.05, 0) is 92.8 Å². The van der Waals surface area contributed by atoms with Gasteiger partial charge in [0.25, 0.3) is 0 Å². The van der Waals surface area contributed by atoms with E-state index < -0.39 is 0 Å². The zero-order chi connectivity index (χ0) is 22.6. The van der Waals surface area contributed by atoms with Crippen molar-refractivity contribution in [2.45, 2.75) is 105 Å². The molecule has 4 nitrogen and oxygen atoms in total. The Labute approximate surface area is 188 Å². The molecule has 0 aromatic rings. The van der Waals surface area contributed by atoms with Crippen LogP contribution < -0.4 is 5.32 Å². The minimum absolute atomic E-state index is 0.0186. The van der Waals surface area contributed by atoms with E-state index in [0.29, 0.717) is 72.3 Å². The fraction of sp³-hybridized carbons (Fsp3) is 0.889. The number of Topliss-reactive ketones (excluding diaryl/α,β-unsaturated/α-hetero) is 2. The second-order valence-electron chi connectivity index (χ2n) is 12.3. The number of carbonyl (C=O) groups excluding carboxylic acids is 3. The van der Waals surface area contributed by atoms with Crippen molar-refractivity contribution in [1.29, 1.82) is 0 Å². The highest BCUT2D eigenvalue weighted by molar-refractivity contribution is 5.90. The summed E-state index contributed by atoms with van der Waals surface area (Å²) in [5.74, 6) is 3.76. The van der Waals surface area contributed by atoms with Gasteiger partial charge >= 0.3 is 0 Å². The molecule has 4 aliphatic carbocycles. The maximum absolute atomic E-state index is 13.2. The molecule has 4 saturated carbocycles. The van der Waals surface area contributed by atoms with Gasteiger partial charge in [0.1, 0.15) is 11.6 Å². The van der Waals surface area contributed by atoms with Gasteiger partial charge in [0.2, 0.25) is 5.91 Å². The molecule has 4 heteroatoms. The predicted molar refractivity (Wildman–Crippen MR) is 122 cm³/mol. The zero-order valence-corrected chi connectivity index (χ0v) is 20.3. The van der Waals surface area contributed by atoms with Gasteiger partial charge in [0.15, 0.2) is 0 Å². The molecule has 0 radical (unpaired) electrons. The van der Waals surface area contributed by atoms with Crippen molar-refractivity contribution in [1.82, 2.24) is 5.32 Å². The Hall–Kier alpha value is -1.19. The number of hydrogen-bond acceptors (Lipinski definition) is 3. The first kappa shape index (κ1) is 23.0. The van der Waals surface area contributed by atoms with Gasteiger partial charge < -0.3 is 5.32 Å². The third-order valence-electron chi connectivity index (χ3n) is 10.3. The summed E-state index contributed by atoms with van der Waals surface area (Å²) in [6.07, 6.45) is 9.30. The van der Waals surface area contributed by atoms with Crippen molar-refractivity contribution in [3.05, 3.63) is 0 Å². The second-order valence-corrected chi connectivity index (χ2v) is 12.3. The first-order valence-electron chi connectivity index (χ1n) is 12.9. The van der Waals surface area contributed by atoms with Crippen molar-refractivity contribution < 1.29 is 14.4 Å². The Bertz CT molecular complexity index is 745. The molecule has 0 heterocycles. The second kappa shape index (κ2) is 8.30. The Morgan fingerprint density at radius 1 is 1.00 bits per heavy atom. The number of ketones is 2. The molecule has 0 spiro atoms. The Kier molecular flexibility index (Phi) is 6.15. The van der Waals surface area contributed by atoms with Crippen LogP contribution in [0.4, 0.5) is 0 Å². The zero-order valence-electron chi connectivity index (χ0n) is 20.3. The SMILES string of the molecule is CC(C)NC(=O)CC[C@H](C)[C@@H]1CC[C@@H]2[C@H]3CC(=O)[C@H]4CC(=O)CC[C@@]4(C)[C@@H]3CC[C@]21C. The van der Waals surface area contributed by atoms with E-state index in [2.05, 4.69) is 26.1 Å². The molecule has 8 atom stereocenters. The molecular weight excluding hydrogens is 386 g/mol. The Morgan fingerprint density at radius 2 is 1.71 bits per heavy atom. The highest BCUT2D eigenvalue weighted by Crippen LogP contribution is 2.67. The molecule has 4 fully saturated rings. The standard InChI is InChI=1S/C27H43NO3/c1-16(2)28-25(31)9-6-17(3)20-7-8-21-19-15-24(30)23-14-18(29)10-12-27(23,5)22(19)11-13-26(20,21)4/h16-17,19-23H,6-15H2,1-5H3,(H,28,31)/t17-,19+,20-,21+,22+,23+,26-,27-/m0/s1. The molecule has 4 aliphatic rings. The van der Waals surface area contributed by atoms with Crippen molar-refractivity contribution >= 4 is 17.5 Å². The van der Waals surface area contributed by atoms with E-state index in [1.165, 1.54) is 25.7 Å². The smallest absolute Gasteiger partial charge is 0.220 e. The predicted octanol–water partition coefficient (Wildman–Crippen LogP) is 5.33. The van der Waals surface area contributed by atoms with Crippen LogP contribution in [-0.4, -0.2) is 23.5 Å². The topological polar surface area (TPSA) is 63.2 Å². The van der Waals surface area contributed by atoms with Crippen LogP contribution >= 0.6 is 0 Å². The molecule has 1 amide bonds. The first-order chi connectivity index (χ1) is 14.6. The summed E-state index contributed by atoms with van der Waals surface area (Å²) in [6, 6.07) is 0.204. The average Bonchev–Trinajstić information content (AvgIpc) is 3.04. The minimum atomic E-state index is -0.0186. The van der Waals surface area contributed by atoms with Crippen LogP contribution in [0, 0.1) is 46.3 Å². The molecular formula is C27H43NO3. The molecule has 0 aromatic carbocycles. The molecule has 0 aliphatic heterocycles. The van der Waals surface area contributed by atoms with Gasteiger partial charge in [-0.15, -0.1) is 0 Å². The fourth-order valence-corrected chi connectivity index (χ4v) is 8.77. The van der Waals surface area contributed by atoms with Crippen molar-refractivity contribution in [3.8, 4) is 0 Å². The van der Waals surface area contributed by atoms with Gasteiger partial charge in [-0.3, -0.25) is 14.4 Å². The third kappa shape index (κ3) is 3.91. The van der Waals surface area contributed by atoms with E-state index in [1.807, 2.05) is 13.8 Å². The summed E-state index contributed by atoms with van der Waals surface area (Å²) in [5.41, 5.74) is 0.330. The monoisotopic (exact) mass is 429 g/mol. The van der Waals surface area contributed by atoms with Crippen LogP contribution in [0.2, 0.25) is 0 Å². The van der Waals surface area contributed by atoms with Crippen LogP contribution in [0.5, 0.6) is 0 Å². The summed E-state index contributed by atoms with van der Waals surface area (Å²) in [5, 5.41) is 3.03. The molecule has 0 saturated heterocycles. The van der Waals surface area contributed by atoms with Crippen molar-refractivity contribution in [2.24, 2.45) is 46.3 Å². The van der Waals surface area contributed by atoms with E-state index >= 15 is 0 Å². The summed E-state index contributed by atoms with van der Waals surface area (Å²) < 4.78 is 0. The van der Waals surface area contributed by atoms with Gasteiger partial charge in [0.05, 0.1) is 0 Å². The first-order valence-corrected chi connectivity index (χ1v) is 12.9. The highest BCUT2D eigenvalue weighted by atomic mass is 16.2. The van der Waals surface area contributed by atoms with Crippen LogP contribution in [-0.2, 0) is 14.4 Å². The lowest BCUT2D eigenvalue weighted by Crippen LogP contribution is -2.56. The fourth-order valence-electron chi connectivity index (χ4n) is 8.77. The van der Waals surface area contributed by atoms with E-state index in [1.54, 1.807) is 0 Å². The molecule has 0 aromatic heterocycles. The highest BCUT2D eigenvalue weighted by Gasteiger charge is 2.62. The molecule has 174 valence electrons. The van der Waals surface area contributed by atoms with Gasteiger partial charge in [0, 0.05) is 37.6 Å². The van der Waals surface area contributed by atoms with Crippen LogP contribution in [0.25, 0.3) is 0 Å². The third-order valence-corrected chi connectivity index (χ3v) is 10.3. The minimum Gasteiger partial charge on any atom is -0.354 e. The lowest BCUT2D eigenvalue weighted by molar-refractivity contribution is -0.159. The largest absolute Gasteiger partial charge is 0.354 e. The average molecular weight is 430 g/mol. The molecule has 1 N–H and O–H groups in total. The number of fused-ring (bicyclic) bond motifs is 5. The number of hydrogen-bond donors (Lipinski definition) is 1. The molecule has 0 bridgehead atoms. The summed E-state index contributed by atoms with van der Waals surface area (Å²) in [7, 11) is 0. The molecule has 31 heavy (non-hydrogen) atoms. The number of nitrogens with one attached hydrogen (secondary N) is 1. The lowest BCUT2D eigenvalue weighted by Gasteiger charge is -2.59. The molecule has 0 unspecified atom stereocenters. The Balaban J connectivity index is 1.47. The van der Waals surface area contributed by atoms with Gasteiger partial charge in [-0.1, -0.05) is 20.8 Å². The Morgan fingerprint density at radius 3 is 2.42 bits per heavy atom. The quantitative estimate of drug-likeness (QED) is 0.642. The van der Waals surface area contributed by atoms with Crippen molar-refractivity contribution in [2.75, 3.05) is 0 Å². The number of carbonyl (C=O) groups is 3. The van der Waals surface area contributed by atoms with Gasteiger partial charge in [-0.2, -0.15) is 0 Å². The van der Waals surface area contributed by atoms with E-state index in [9.17, 15) is 14.4 Å². The van der Waals surface area contributed by atoms with E-state index in [4.69, 9.17) is 0 Å². The number of amides is 1. The normalized spacial score (nSPS) is 43.2. The summed E-state index contributed by atoms with van der Waals surface area (Å²) in [6.45, 7) is 11.2. The molecule has 4 rings (SSSR count).